The van der Waals surface area contributed by atoms with E-state index < -0.39 is 0 Å². The van der Waals surface area contributed by atoms with Crippen LogP contribution in [-0.4, -0.2) is 30.4 Å². The number of benzene rings is 1. The zero-order valence-corrected chi connectivity index (χ0v) is 12.8. The summed E-state index contributed by atoms with van der Waals surface area (Å²) in [6.45, 7) is 2.59. The summed E-state index contributed by atoms with van der Waals surface area (Å²) in [4.78, 5) is 12.0. The van der Waals surface area contributed by atoms with Crippen molar-refractivity contribution in [3.63, 3.8) is 0 Å². The van der Waals surface area contributed by atoms with Gasteiger partial charge in [0.15, 0.2) is 0 Å². The van der Waals surface area contributed by atoms with Crippen LogP contribution in [-0.2, 0) is 0 Å². The van der Waals surface area contributed by atoms with Gasteiger partial charge in [-0.3, -0.25) is 0 Å². The largest absolute Gasteiger partial charge is 0.492 e. The van der Waals surface area contributed by atoms with Crippen LogP contribution in [0.15, 0.2) is 18.2 Å². The molecule has 0 fully saturated rings. The Labute approximate surface area is 129 Å². The van der Waals surface area contributed by atoms with Crippen molar-refractivity contribution < 1.29 is 14.6 Å². The molecule has 2 amide bonds. The van der Waals surface area contributed by atoms with E-state index >= 15 is 0 Å². The Morgan fingerprint density at radius 3 is 3.14 bits per heavy atom. The lowest BCUT2D eigenvalue weighted by Gasteiger charge is -2.28. The van der Waals surface area contributed by atoms with Gasteiger partial charge in [-0.25, -0.2) is 4.79 Å². The smallest absolute Gasteiger partial charge is 0.315 e. The van der Waals surface area contributed by atoms with E-state index in [1.54, 1.807) is 6.07 Å². The number of rotatable bonds is 5. The van der Waals surface area contributed by atoms with Gasteiger partial charge in [-0.05, 0) is 25.8 Å². The molecular weight excluding hydrogens is 292 g/mol. The maximum absolute atomic E-state index is 12.0. The second kappa shape index (κ2) is 7.52. The molecule has 2 unspecified atom stereocenters. The van der Waals surface area contributed by atoms with Crippen molar-refractivity contribution in [2.75, 3.05) is 13.2 Å². The first kappa shape index (κ1) is 15.9. The molecule has 6 heteroatoms. The first-order valence-electron chi connectivity index (χ1n) is 7.21. The second-order valence-electron chi connectivity index (χ2n) is 5.23. The number of fused-ring (bicyclic) bond motifs is 1. The quantitative estimate of drug-likeness (QED) is 0.782. The topological polar surface area (TPSA) is 70.6 Å². The fourth-order valence-electron chi connectivity index (χ4n) is 2.43. The van der Waals surface area contributed by atoms with Crippen molar-refractivity contribution in [1.82, 2.24) is 10.6 Å². The van der Waals surface area contributed by atoms with E-state index in [2.05, 4.69) is 10.6 Å². The molecule has 21 heavy (non-hydrogen) atoms. The van der Waals surface area contributed by atoms with Gasteiger partial charge < -0.3 is 20.5 Å². The number of urea groups is 1. The van der Waals surface area contributed by atoms with Crippen molar-refractivity contribution >= 4 is 17.6 Å². The lowest BCUT2D eigenvalue weighted by molar-refractivity contribution is 0.219. The van der Waals surface area contributed by atoms with Crippen molar-refractivity contribution in [2.24, 2.45) is 0 Å². The van der Waals surface area contributed by atoms with Gasteiger partial charge in [0.1, 0.15) is 5.75 Å². The Bertz CT molecular complexity index is 496. The van der Waals surface area contributed by atoms with Crippen molar-refractivity contribution in [2.45, 2.75) is 38.3 Å². The van der Waals surface area contributed by atoms with Crippen LogP contribution in [0.2, 0.25) is 5.02 Å². The van der Waals surface area contributed by atoms with E-state index in [0.717, 1.165) is 12.0 Å². The average Bonchev–Trinajstić information content (AvgIpc) is 2.46. The molecule has 3 N–H and O–H groups in total. The Morgan fingerprint density at radius 1 is 1.57 bits per heavy atom. The van der Waals surface area contributed by atoms with E-state index in [4.69, 9.17) is 21.4 Å². The van der Waals surface area contributed by atoms with Gasteiger partial charge in [-0.1, -0.05) is 23.7 Å². The fourth-order valence-corrected chi connectivity index (χ4v) is 2.67. The number of hydrogen-bond acceptors (Lipinski definition) is 3. The molecule has 2 rings (SSSR count). The number of nitrogens with one attached hydrogen (secondary N) is 2. The standard InChI is InChI=1S/C15H21ClN2O3/c1-10(4-3-8-19)17-15(20)18-13-7-9-21-14-11(13)5-2-6-12(14)16/h2,5-6,10,13,19H,3-4,7-9H2,1H3,(H2,17,18,20). The normalized spacial score (nSPS) is 18.3. The molecular formula is C15H21ClN2O3. The molecule has 0 spiro atoms. The van der Waals surface area contributed by atoms with Crippen molar-refractivity contribution in [3.05, 3.63) is 28.8 Å². The Kier molecular flexibility index (Phi) is 5.70. The Balaban J connectivity index is 1.95. The molecule has 1 aliphatic rings. The van der Waals surface area contributed by atoms with E-state index in [0.29, 0.717) is 30.2 Å². The van der Waals surface area contributed by atoms with Crippen molar-refractivity contribution in [3.8, 4) is 5.75 Å². The van der Waals surface area contributed by atoms with Crippen LogP contribution < -0.4 is 15.4 Å². The summed E-state index contributed by atoms with van der Waals surface area (Å²) in [5.74, 6) is 0.657. The molecule has 1 heterocycles. The van der Waals surface area contributed by atoms with Gasteiger partial charge in [0.05, 0.1) is 17.7 Å². The van der Waals surface area contributed by atoms with Gasteiger partial charge in [-0.2, -0.15) is 0 Å². The van der Waals surface area contributed by atoms with E-state index in [-0.39, 0.29) is 24.7 Å². The third-order valence-electron chi connectivity index (χ3n) is 3.50. The van der Waals surface area contributed by atoms with E-state index in [1.807, 2.05) is 19.1 Å². The molecule has 1 aromatic rings. The van der Waals surface area contributed by atoms with Gasteiger partial charge in [-0.15, -0.1) is 0 Å². The first-order chi connectivity index (χ1) is 10.1. The number of carbonyl (C=O) groups is 1. The van der Waals surface area contributed by atoms with Crippen LogP contribution >= 0.6 is 11.6 Å². The molecule has 0 aromatic heterocycles. The van der Waals surface area contributed by atoms with Crippen LogP contribution in [0, 0.1) is 0 Å². The summed E-state index contributed by atoms with van der Waals surface area (Å²) in [6.07, 6.45) is 2.14. The summed E-state index contributed by atoms with van der Waals surface area (Å²) in [5, 5.41) is 15.2. The SMILES string of the molecule is CC(CCCO)NC(=O)NC1CCOc2c(Cl)cccc21. The van der Waals surface area contributed by atoms with Gasteiger partial charge >= 0.3 is 6.03 Å². The minimum Gasteiger partial charge on any atom is -0.492 e. The number of hydrogen-bond donors (Lipinski definition) is 3. The highest BCUT2D eigenvalue weighted by Crippen LogP contribution is 2.37. The molecule has 0 saturated carbocycles. The number of ether oxygens (including phenoxy) is 1. The van der Waals surface area contributed by atoms with Crippen LogP contribution in [0.25, 0.3) is 0 Å². The lowest BCUT2D eigenvalue weighted by Crippen LogP contribution is -2.43. The second-order valence-corrected chi connectivity index (χ2v) is 5.64. The minimum atomic E-state index is -0.210. The Morgan fingerprint density at radius 2 is 2.38 bits per heavy atom. The third kappa shape index (κ3) is 4.25. The fraction of sp³-hybridized carbons (Fsp3) is 0.533. The van der Waals surface area contributed by atoms with E-state index in [9.17, 15) is 4.79 Å². The highest BCUT2D eigenvalue weighted by Gasteiger charge is 2.24. The zero-order chi connectivity index (χ0) is 15.2. The summed E-state index contributed by atoms with van der Waals surface area (Å²) in [5.41, 5.74) is 0.909. The number of halogens is 1. The number of para-hydroxylation sites is 1. The summed E-state index contributed by atoms with van der Waals surface area (Å²) in [7, 11) is 0. The van der Waals surface area contributed by atoms with E-state index in [1.165, 1.54) is 0 Å². The molecule has 0 bridgehead atoms. The summed E-state index contributed by atoms with van der Waals surface area (Å²) < 4.78 is 5.57. The van der Waals surface area contributed by atoms with Crippen LogP contribution in [0.4, 0.5) is 4.79 Å². The highest BCUT2D eigenvalue weighted by atomic mass is 35.5. The number of amides is 2. The lowest BCUT2D eigenvalue weighted by atomic mass is 10.0. The summed E-state index contributed by atoms with van der Waals surface area (Å²) in [6, 6.07) is 5.26. The Hall–Kier alpha value is -1.46. The van der Waals surface area contributed by atoms with Crippen LogP contribution in [0.3, 0.4) is 0 Å². The molecule has 5 nitrogen and oxygen atoms in total. The minimum absolute atomic E-state index is 0.0239. The molecule has 1 aromatic carbocycles. The molecule has 2 atom stereocenters. The average molecular weight is 313 g/mol. The number of aliphatic hydroxyl groups is 1. The van der Waals surface area contributed by atoms with Gasteiger partial charge in [0.25, 0.3) is 0 Å². The molecule has 116 valence electrons. The summed E-state index contributed by atoms with van der Waals surface area (Å²) >= 11 is 6.11. The molecule has 0 saturated heterocycles. The van der Waals surface area contributed by atoms with Crippen LogP contribution in [0.1, 0.15) is 37.8 Å². The predicted octanol–water partition coefficient (Wildman–Crippen LogP) is 2.62. The zero-order valence-electron chi connectivity index (χ0n) is 12.1. The number of aliphatic hydroxyl groups excluding tert-OH is 1. The monoisotopic (exact) mass is 312 g/mol. The maximum Gasteiger partial charge on any atom is 0.315 e. The molecule has 0 radical (unpaired) electrons. The predicted molar refractivity (Wildman–Crippen MR) is 81.8 cm³/mol. The highest BCUT2D eigenvalue weighted by molar-refractivity contribution is 6.32. The third-order valence-corrected chi connectivity index (χ3v) is 3.80. The van der Waals surface area contributed by atoms with Crippen LogP contribution in [0.5, 0.6) is 5.75 Å². The molecule has 1 aliphatic heterocycles. The van der Waals surface area contributed by atoms with Gasteiger partial charge in [0.2, 0.25) is 0 Å². The number of carbonyl (C=O) groups excluding carboxylic acids is 1. The van der Waals surface area contributed by atoms with Gasteiger partial charge in [0, 0.05) is 24.6 Å². The molecule has 0 aliphatic carbocycles. The van der Waals surface area contributed by atoms with Crippen molar-refractivity contribution in [1.29, 1.82) is 0 Å². The maximum atomic E-state index is 12.0. The first-order valence-corrected chi connectivity index (χ1v) is 7.58.